The number of hydrogen-bond acceptors (Lipinski definition) is 2. The SMILES string of the molecule is CCCCCCCC(C)NCCC1CCN(C)CC1. The molecular formula is C17H36N2. The van der Waals surface area contributed by atoms with Crippen LogP contribution in [0.1, 0.15) is 71.6 Å². The monoisotopic (exact) mass is 268 g/mol. The zero-order valence-corrected chi connectivity index (χ0v) is 13.6. The Morgan fingerprint density at radius 3 is 2.47 bits per heavy atom. The van der Waals surface area contributed by atoms with Gasteiger partial charge in [-0.1, -0.05) is 39.0 Å². The summed E-state index contributed by atoms with van der Waals surface area (Å²) in [5.41, 5.74) is 0. The van der Waals surface area contributed by atoms with Crippen molar-refractivity contribution >= 4 is 0 Å². The Labute approximate surface area is 121 Å². The number of nitrogens with zero attached hydrogens (tertiary/aromatic N) is 1. The lowest BCUT2D eigenvalue weighted by atomic mass is 9.94. The van der Waals surface area contributed by atoms with Crippen molar-refractivity contribution in [2.45, 2.75) is 77.7 Å². The number of rotatable bonds is 10. The van der Waals surface area contributed by atoms with Crippen LogP contribution in [0.4, 0.5) is 0 Å². The van der Waals surface area contributed by atoms with E-state index in [0.717, 1.165) is 5.92 Å². The summed E-state index contributed by atoms with van der Waals surface area (Å²) in [5, 5.41) is 3.72. The minimum absolute atomic E-state index is 0.716. The fourth-order valence-corrected chi connectivity index (χ4v) is 3.04. The summed E-state index contributed by atoms with van der Waals surface area (Å²) in [6.45, 7) is 8.47. The number of piperidine rings is 1. The van der Waals surface area contributed by atoms with E-state index < -0.39 is 0 Å². The van der Waals surface area contributed by atoms with Crippen LogP contribution in [0, 0.1) is 5.92 Å². The van der Waals surface area contributed by atoms with Gasteiger partial charge < -0.3 is 10.2 Å². The predicted octanol–water partition coefficient (Wildman–Crippen LogP) is 4.06. The molecule has 0 aromatic rings. The summed E-state index contributed by atoms with van der Waals surface area (Å²) in [7, 11) is 2.25. The van der Waals surface area contributed by atoms with Crippen LogP contribution < -0.4 is 5.32 Å². The average Bonchev–Trinajstić information content (AvgIpc) is 2.41. The average molecular weight is 268 g/mol. The van der Waals surface area contributed by atoms with Crippen molar-refractivity contribution in [3.63, 3.8) is 0 Å². The molecule has 0 bridgehead atoms. The van der Waals surface area contributed by atoms with Crippen molar-refractivity contribution in [2.75, 3.05) is 26.7 Å². The van der Waals surface area contributed by atoms with Crippen molar-refractivity contribution in [1.29, 1.82) is 0 Å². The molecule has 0 amide bonds. The first-order chi connectivity index (χ1) is 9.22. The summed E-state index contributed by atoms with van der Waals surface area (Å²) in [6, 6.07) is 0.716. The van der Waals surface area contributed by atoms with Gasteiger partial charge in [-0.25, -0.2) is 0 Å². The number of nitrogens with one attached hydrogen (secondary N) is 1. The van der Waals surface area contributed by atoms with Crippen molar-refractivity contribution in [1.82, 2.24) is 10.2 Å². The maximum atomic E-state index is 3.72. The molecule has 2 nitrogen and oxygen atoms in total. The molecule has 114 valence electrons. The van der Waals surface area contributed by atoms with E-state index in [4.69, 9.17) is 0 Å². The fraction of sp³-hybridized carbons (Fsp3) is 1.00. The summed E-state index contributed by atoms with van der Waals surface area (Å²) in [5.74, 6) is 0.973. The first-order valence-electron chi connectivity index (χ1n) is 8.64. The van der Waals surface area contributed by atoms with Crippen molar-refractivity contribution in [2.24, 2.45) is 5.92 Å². The molecule has 0 aromatic heterocycles. The highest BCUT2D eigenvalue weighted by Crippen LogP contribution is 2.18. The Morgan fingerprint density at radius 2 is 1.79 bits per heavy atom. The van der Waals surface area contributed by atoms with Gasteiger partial charge in [-0.3, -0.25) is 0 Å². The highest BCUT2D eigenvalue weighted by atomic mass is 15.1. The van der Waals surface area contributed by atoms with Gasteiger partial charge in [-0.15, -0.1) is 0 Å². The minimum atomic E-state index is 0.716. The highest BCUT2D eigenvalue weighted by Gasteiger charge is 2.16. The van der Waals surface area contributed by atoms with Crippen LogP contribution >= 0.6 is 0 Å². The summed E-state index contributed by atoms with van der Waals surface area (Å²) < 4.78 is 0. The molecule has 1 heterocycles. The molecule has 19 heavy (non-hydrogen) atoms. The lowest BCUT2D eigenvalue weighted by Gasteiger charge is -2.29. The van der Waals surface area contributed by atoms with Gasteiger partial charge in [-0.05, 0) is 65.2 Å². The standard InChI is InChI=1S/C17H36N2/c1-4-5-6-7-8-9-16(2)18-13-10-17-11-14-19(3)15-12-17/h16-18H,4-15H2,1-3H3. The molecule has 1 fully saturated rings. The molecule has 0 spiro atoms. The Bertz CT molecular complexity index is 197. The van der Waals surface area contributed by atoms with E-state index in [1.807, 2.05) is 0 Å². The van der Waals surface area contributed by atoms with Crippen LogP contribution in [0.15, 0.2) is 0 Å². The van der Waals surface area contributed by atoms with Gasteiger partial charge in [0, 0.05) is 6.04 Å². The lowest BCUT2D eigenvalue weighted by molar-refractivity contribution is 0.210. The second kappa shape index (κ2) is 10.7. The van der Waals surface area contributed by atoms with Gasteiger partial charge in [0.15, 0.2) is 0 Å². The molecule has 1 saturated heterocycles. The van der Waals surface area contributed by atoms with E-state index >= 15 is 0 Å². The van der Waals surface area contributed by atoms with Gasteiger partial charge in [0.1, 0.15) is 0 Å². The number of unbranched alkanes of at least 4 members (excludes halogenated alkanes) is 4. The molecule has 1 rings (SSSR count). The Morgan fingerprint density at radius 1 is 1.11 bits per heavy atom. The maximum Gasteiger partial charge on any atom is 0.00387 e. The third kappa shape index (κ3) is 8.65. The second-order valence-corrected chi connectivity index (χ2v) is 6.59. The molecule has 1 unspecified atom stereocenters. The first-order valence-corrected chi connectivity index (χ1v) is 8.64. The van der Waals surface area contributed by atoms with Gasteiger partial charge in [0.25, 0.3) is 0 Å². The lowest BCUT2D eigenvalue weighted by Crippen LogP contribution is -2.33. The zero-order chi connectivity index (χ0) is 13.9. The van der Waals surface area contributed by atoms with E-state index in [1.54, 1.807) is 0 Å². The normalized spacial score (nSPS) is 19.7. The molecule has 1 aliphatic rings. The molecule has 0 aliphatic carbocycles. The molecular weight excluding hydrogens is 232 g/mol. The Kier molecular flexibility index (Phi) is 9.54. The largest absolute Gasteiger partial charge is 0.314 e. The first kappa shape index (κ1) is 17.0. The van der Waals surface area contributed by atoms with E-state index in [2.05, 4.69) is 31.1 Å². The summed E-state index contributed by atoms with van der Waals surface area (Å²) in [4.78, 5) is 2.46. The highest BCUT2D eigenvalue weighted by molar-refractivity contribution is 4.71. The van der Waals surface area contributed by atoms with Gasteiger partial charge in [-0.2, -0.15) is 0 Å². The molecule has 0 aromatic carbocycles. The number of hydrogen-bond donors (Lipinski definition) is 1. The molecule has 1 aliphatic heterocycles. The molecule has 1 N–H and O–H groups in total. The fourth-order valence-electron chi connectivity index (χ4n) is 3.04. The van der Waals surface area contributed by atoms with E-state index in [0.29, 0.717) is 6.04 Å². The summed E-state index contributed by atoms with van der Waals surface area (Å²) >= 11 is 0. The second-order valence-electron chi connectivity index (χ2n) is 6.59. The van der Waals surface area contributed by atoms with Crippen LogP contribution in [0.2, 0.25) is 0 Å². The molecule has 1 atom stereocenters. The topological polar surface area (TPSA) is 15.3 Å². The zero-order valence-electron chi connectivity index (χ0n) is 13.6. The van der Waals surface area contributed by atoms with Crippen molar-refractivity contribution in [3.05, 3.63) is 0 Å². The minimum Gasteiger partial charge on any atom is -0.314 e. The van der Waals surface area contributed by atoms with E-state index in [9.17, 15) is 0 Å². The smallest absolute Gasteiger partial charge is 0.00387 e. The van der Waals surface area contributed by atoms with E-state index in [-0.39, 0.29) is 0 Å². The quantitative estimate of drug-likeness (QED) is 0.601. The molecule has 0 saturated carbocycles. The molecule has 2 heteroatoms. The number of likely N-dealkylation sites (tertiary alicyclic amines) is 1. The van der Waals surface area contributed by atoms with Gasteiger partial charge in [0.05, 0.1) is 0 Å². The third-order valence-electron chi connectivity index (χ3n) is 4.62. The summed E-state index contributed by atoms with van der Waals surface area (Å²) in [6.07, 6.45) is 12.6. The van der Waals surface area contributed by atoms with Crippen LogP contribution in [0.3, 0.4) is 0 Å². The van der Waals surface area contributed by atoms with Crippen LogP contribution in [0.5, 0.6) is 0 Å². The Balaban J connectivity index is 1.90. The third-order valence-corrected chi connectivity index (χ3v) is 4.62. The van der Waals surface area contributed by atoms with Crippen molar-refractivity contribution < 1.29 is 0 Å². The van der Waals surface area contributed by atoms with E-state index in [1.165, 1.54) is 77.4 Å². The Hall–Kier alpha value is -0.0800. The molecule has 0 radical (unpaired) electrons. The van der Waals surface area contributed by atoms with Gasteiger partial charge >= 0.3 is 0 Å². The van der Waals surface area contributed by atoms with Crippen LogP contribution in [-0.4, -0.2) is 37.6 Å². The maximum absolute atomic E-state index is 3.72. The van der Waals surface area contributed by atoms with Crippen LogP contribution in [0.25, 0.3) is 0 Å². The van der Waals surface area contributed by atoms with Crippen LogP contribution in [-0.2, 0) is 0 Å². The van der Waals surface area contributed by atoms with Gasteiger partial charge in [0.2, 0.25) is 0 Å². The van der Waals surface area contributed by atoms with Crippen molar-refractivity contribution in [3.8, 4) is 0 Å². The predicted molar refractivity (Wildman–Crippen MR) is 85.7 cm³/mol.